The van der Waals surface area contributed by atoms with Crippen LogP contribution in [0.4, 0.5) is 0 Å². The topological polar surface area (TPSA) is 75.6 Å². The van der Waals surface area contributed by atoms with Gasteiger partial charge in [0.15, 0.2) is 6.61 Å². The van der Waals surface area contributed by atoms with E-state index >= 15 is 0 Å². The molecule has 29 heavy (non-hydrogen) atoms. The molecule has 156 valence electrons. The summed E-state index contributed by atoms with van der Waals surface area (Å²) in [4.78, 5) is 24.0. The first-order valence-electron chi connectivity index (χ1n) is 9.86. The number of carbonyl (C=O) groups is 2. The Labute approximate surface area is 173 Å². The van der Waals surface area contributed by atoms with Gasteiger partial charge in [0, 0.05) is 6.54 Å². The maximum Gasteiger partial charge on any atom is 0.338 e. The molecule has 5 nitrogen and oxygen atoms in total. The summed E-state index contributed by atoms with van der Waals surface area (Å²) in [5.41, 5.74) is 6.15. The van der Waals surface area contributed by atoms with E-state index in [1.54, 1.807) is 24.3 Å². The van der Waals surface area contributed by atoms with Crippen molar-refractivity contribution < 1.29 is 19.4 Å². The summed E-state index contributed by atoms with van der Waals surface area (Å²) in [5, 5.41) is 11.8. The molecular weight excluding hydrogens is 366 g/mol. The summed E-state index contributed by atoms with van der Waals surface area (Å²) >= 11 is 0. The molecule has 0 aliphatic carbocycles. The molecule has 0 saturated carbocycles. The van der Waals surface area contributed by atoms with Gasteiger partial charge in [0.2, 0.25) is 0 Å². The van der Waals surface area contributed by atoms with Crippen LogP contribution in [0.2, 0.25) is 0 Å². The van der Waals surface area contributed by atoms with Crippen LogP contribution in [0.1, 0.15) is 58.9 Å². The van der Waals surface area contributed by atoms with E-state index in [4.69, 9.17) is 9.84 Å². The highest BCUT2D eigenvalue weighted by Crippen LogP contribution is 2.27. The molecule has 0 unspecified atom stereocenters. The fraction of sp³-hybridized carbons (Fsp3) is 0.417. The van der Waals surface area contributed by atoms with Gasteiger partial charge in [0.25, 0.3) is 5.91 Å². The van der Waals surface area contributed by atoms with Crippen LogP contribution in [0.3, 0.4) is 0 Å². The van der Waals surface area contributed by atoms with E-state index in [9.17, 15) is 9.59 Å². The van der Waals surface area contributed by atoms with Crippen molar-refractivity contribution in [1.82, 2.24) is 5.32 Å². The first kappa shape index (κ1) is 22.6. The molecule has 0 heterocycles. The Morgan fingerprint density at radius 1 is 1.03 bits per heavy atom. The lowest BCUT2D eigenvalue weighted by atomic mass is 9.83. The third-order valence-electron chi connectivity index (χ3n) is 4.97. The van der Waals surface area contributed by atoms with Crippen LogP contribution in [0, 0.1) is 13.8 Å². The standard InChI is InChI=1S/C24H31NO4/c1-16-12-20(24(3,4)5)13-17(2)21(16)10-11-25-22(27)15-29-23(28)19-8-6-18(14-26)7-9-19/h6-9,12-13,26H,10-11,14-15H2,1-5H3,(H,25,27). The van der Waals surface area contributed by atoms with Crippen LogP contribution in [0.15, 0.2) is 36.4 Å². The number of esters is 1. The number of carbonyl (C=O) groups excluding carboxylic acids is 2. The van der Waals surface area contributed by atoms with Crippen molar-refractivity contribution in [3.8, 4) is 0 Å². The number of rotatable bonds is 7. The molecule has 0 spiro atoms. The zero-order valence-corrected chi connectivity index (χ0v) is 18.0. The molecule has 2 aromatic rings. The lowest BCUT2D eigenvalue weighted by molar-refractivity contribution is -0.124. The quantitative estimate of drug-likeness (QED) is 0.700. The summed E-state index contributed by atoms with van der Waals surface area (Å²) in [7, 11) is 0. The zero-order chi connectivity index (χ0) is 21.6. The highest BCUT2D eigenvalue weighted by atomic mass is 16.5. The third kappa shape index (κ3) is 6.43. The Hall–Kier alpha value is -2.66. The van der Waals surface area contributed by atoms with Crippen LogP contribution < -0.4 is 5.32 Å². The number of benzene rings is 2. The fourth-order valence-electron chi connectivity index (χ4n) is 3.16. The molecule has 0 bridgehead atoms. The zero-order valence-electron chi connectivity index (χ0n) is 18.0. The van der Waals surface area contributed by atoms with Crippen LogP contribution in [0.5, 0.6) is 0 Å². The minimum absolute atomic E-state index is 0.0877. The number of hydrogen-bond donors (Lipinski definition) is 2. The van der Waals surface area contributed by atoms with Gasteiger partial charge in [0.1, 0.15) is 0 Å². The number of aliphatic hydroxyl groups excluding tert-OH is 1. The van der Waals surface area contributed by atoms with Crippen LogP contribution in [0.25, 0.3) is 0 Å². The van der Waals surface area contributed by atoms with Crippen molar-refractivity contribution in [2.75, 3.05) is 13.2 Å². The van der Waals surface area contributed by atoms with Gasteiger partial charge in [-0.3, -0.25) is 4.79 Å². The maximum atomic E-state index is 12.0. The first-order chi connectivity index (χ1) is 13.6. The molecule has 5 heteroatoms. The Bertz CT molecular complexity index is 840. The second-order valence-electron chi connectivity index (χ2n) is 8.37. The predicted molar refractivity (Wildman–Crippen MR) is 114 cm³/mol. The van der Waals surface area contributed by atoms with E-state index in [0.29, 0.717) is 17.7 Å². The molecule has 2 N–H and O–H groups in total. The van der Waals surface area contributed by atoms with E-state index < -0.39 is 5.97 Å². The van der Waals surface area contributed by atoms with Crippen LogP contribution in [-0.2, 0) is 28.0 Å². The number of nitrogens with one attached hydrogen (secondary N) is 1. The normalized spacial score (nSPS) is 11.2. The summed E-state index contributed by atoms with van der Waals surface area (Å²) in [5.74, 6) is -0.888. The maximum absolute atomic E-state index is 12.0. The first-order valence-corrected chi connectivity index (χ1v) is 9.86. The monoisotopic (exact) mass is 397 g/mol. The van der Waals surface area contributed by atoms with Gasteiger partial charge in [-0.1, -0.05) is 45.0 Å². The predicted octanol–water partition coefficient (Wildman–Crippen LogP) is 3.61. The molecule has 0 saturated heterocycles. The van der Waals surface area contributed by atoms with Gasteiger partial charge in [-0.15, -0.1) is 0 Å². The van der Waals surface area contributed by atoms with Crippen molar-refractivity contribution >= 4 is 11.9 Å². The van der Waals surface area contributed by atoms with E-state index in [2.05, 4.69) is 52.1 Å². The molecule has 0 aliphatic rings. The van der Waals surface area contributed by atoms with E-state index in [1.165, 1.54) is 22.3 Å². The van der Waals surface area contributed by atoms with Gasteiger partial charge in [-0.2, -0.15) is 0 Å². The fourth-order valence-corrected chi connectivity index (χ4v) is 3.16. The summed E-state index contributed by atoms with van der Waals surface area (Å²) in [6.07, 6.45) is 0.727. The van der Waals surface area contributed by atoms with Gasteiger partial charge < -0.3 is 15.2 Å². The average molecular weight is 398 g/mol. The van der Waals surface area contributed by atoms with Gasteiger partial charge in [-0.25, -0.2) is 4.79 Å². The molecule has 1 amide bonds. The molecule has 0 aliphatic heterocycles. The number of hydrogen-bond acceptors (Lipinski definition) is 4. The molecule has 0 aromatic heterocycles. The molecule has 2 rings (SSSR count). The minimum Gasteiger partial charge on any atom is -0.452 e. The van der Waals surface area contributed by atoms with E-state index in [0.717, 1.165) is 6.42 Å². The average Bonchev–Trinajstić information content (AvgIpc) is 2.67. The second-order valence-corrected chi connectivity index (χ2v) is 8.37. The van der Waals surface area contributed by atoms with Crippen molar-refractivity contribution in [3.63, 3.8) is 0 Å². The van der Waals surface area contributed by atoms with Gasteiger partial charge in [-0.05, 0) is 65.6 Å². The molecule has 0 radical (unpaired) electrons. The summed E-state index contributed by atoms with van der Waals surface area (Å²) < 4.78 is 5.05. The number of aliphatic hydroxyl groups is 1. The van der Waals surface area contributed by atoms with Crippen molar-refractivity contribution in [2.45, 2.75) is 53.1 Å². The van der Waals surface area contributed by atoms with E-state index in [-0.39, 0.29) is 24.5 Å². The Morgan fingerprint density at radius 3 is 2.14 bits per heavy atom. The van der Waals surface area contributed by atoms with Gasteiger partial charge >= 0.3 is 5.97 Å². The lowest BCUT2D eigenvalue weighted by Gasteiger charge is -2.22. The number of amides is 1. The highest BCUT2D eigenvalue weighted by Gasteiger charge is 2.16. The van der Waals surface area contributed by atoms with Gasteiger partial charge in [0.05, 0.1) is 12.2 Å². The summed E-state index contributed by atoms with van der Waals surface area (Å²) in [6.45, 7) is 10.9. The minimum atomic E-state index is -0.561. The van der Waals surface area contributed by atoms with Crippen molar-refractivity contribution in [1.29, 1.82) is 0 Å². The van der Waals surface area contributed by atoms with Crippen molar-refractivity contribution in [3.05, 3.63) is 69.8 Å². The third-order valence-corrected chi connectivity index (χ3v) is 4.97. The molecule has 2 aromatic carbocycles. The smallest absolute Gasteiger partial charge is 0.338 e. The lowest BCUT2D eigenvalue weighted by Crippen LogP contribution is -2.30. The Balaban J connectivity index is 1.83. The molecular formula is C24H31NO4. The van der Waals surface area contributed by atoms with Crippen LogP contribution >= 0.6 is 0 Å². The molecule has 0 atom stereocenters. The molecule has 0 fully saturated rings. The SMILES string of the molecule is Cc1cc(C(C)(C)C)cc(C)c1CCNC(=O)COC(=O)c1ccc(CO)cc1. The largest absolute Gasteiger partial charge is 0.452 e. The highest BCUT2D eigenvalue weighted by molar-refractivity contribution is 5.91. The number of aryl methyl sites for hydroxylation is 2. The number of ether oxygens (including phenoxy) is 1. The van der Waals surface area contributed by atoms with Crippen LogP contribution in [-0.4, -0.2) is 30.1 Å². The Morgan fingerprint density at radius 2 is 1.62 bits per heavy atom. The summed E-state index contributed by atoms with van der Waals surface area (Å²) in [6, 6.07) is 10.9. The van der Waals surface area contributed by atoms with Crippen molar-refractivity contribution in [2.24, 2.45) is 0 Å². The van der Waals surface area contributed by atoms with E-state index in [1.807, 2.05) is 0 Å². The Kier molecular flexibility index (Phi) is 7.57. The second kappa shape index (κ2) is 9.70.